The smallest absolute Gasteiger partial charge is 0.345 e. The molecule has 0 unspecified atom stereocenters. The fraction of sp³-hybridized carbons (Fsp3) is 0.0417. The monoisotopic (exact) mass is 416 g/mol. The van der Waals surface area contributed by atoms with Crippen LogP contribution in [-0.4, -0.2) is 17.6 Å². The molecule has 0 bridgehead atoms. The molecule has 0 atom stereocenters. The molecule has 1 heterocycles. The quantitative estimate of drug-likeness (QED) is 0.326. The Kier molecular flexibility index (Phi) is 5.46. The maximum atomic E-state index is 12.8. The van der Waals surface area contributed by atoms with Crippen molar-refractivity contribution >= 4 is 41.0 Å². The summed E-state index contributed by atoms with van der Waals surface area (Å²) in [6, 6.07) is 22.9. The van der Waals surface area contributed by atoms with Gasteiger partial charge in [-0.05, 0) is 55.0 Å². The summed E-state index contributed by atoms with van der Waals surface area (Å²) in [4.78, 5) is 25.2. The molecule has 30 heavy (non-hydrogen) atoms. The fourth-order valence-electron chi connectivity index (χ4n) is 3.05. The van der Waals surface area contributed by atoms with E-state index in [4.69, 9.17) is 16.3 Å². The van der Waals surface area contributed by atoms with Crippen molar-refractivity contribution < 1.29 is 14.3 Å². The summed E-state index contributed by atoms with van der Waals surface area (Å²) in [5.41, 5.74) is 2.80. The molecule has 0 fully saturated rings. The van der Waals surface area contributed by atoms with Gasteiger partial charge in [-0.3, -0.25) is 4.79 Å². The van der Waals surface area contributed by atoms with Crippen LogP contribution in [0.3, 0.4) is 0 Å². The summed E-state index contributed by atoms with van der Waals surface area (Å²) in [7, 11) is 0. The van der Waals surface area contributed by atoms with Gasteiger partial charge in [0, 0.05) is 0 Å². The number of rotatable bonds is 4. The second kappa shape index (κ2) is 8.35. The molecular formula is C24H17ClN2O3. The zero-order valence-electron chi connectivity index (χ0n) is 16.1. The van der Waals surface area contributed by atoms with E-state index in [9.17, 15) is 9.59 Å². The molecule has 6 heteroatoms. The van der Waals surface area contributed by atoms with Crippen LogP contribution >= 0.6 is 11.6 Å². The van der Waals surface area contributed by atoms with E-state index in [1.807, 2.05) is 36.4 Å². The average Bonchev–Trinajstić information content (AvgIpc) is 3.03. The van der Waals surface area contributed by atoms with E-state index >= 15 is 0 Å². The van der Waals surface area contributed by atoms with Crippen LogP contribution in [0.5, 0.6) is 5.75 Å². The van der Waals surface area contributed by atoms with E-state index in [1.165, 1.54) is 5.01 Å². The predicted octanol–water partition coefficient (Wildman–Crippen LogP) is 5.37. The lowest BCUT2D eigenvalue weighted by atomic mass is 10.1. The van der Waals surface area contributed by atoms with Crippen LogP contribution in [0.15, 0.2) is 89.5 Å². The zero-order valence-corrected chi connectivity index (χ0v) is 16.8. The van der Waals surface area contributed by atoms with E-state index in [-0.39, 0.29) is 11.5 Å². The standard InChI is InChI=1S/C24H17ClN2O3/c1-16-21(23(28)27(26-16)18-9-3-2-4-10-18)15-17-8-7-11-19(14-17)30-24(29)20-12-5-6-13-22(20)25/h2-15H,1H3/b21-15+. The molecule has 3 aromatic rings. The van der Waals surface area contributed by atoms with Crippen LogP contribution in [0.2, 0.25) is 5.02 Å². The number of hydrogen-bond acceptors (Lipinski definition) is 4. The molecule has 0 radical (unpaired) electrons. The first-order valence-electron chi connectivity index (χ1n) is 9.26. The van der Waals surface area contributed by atoms with E-state index in [1.54, 1.807) is 55.5 Å². The first kappa shape index (κ1) is 19.6. The van der Waals surface area contributed by atoms with Gasteiger partial charge in [0.1, 0.15) is 5.75 Å². The van der Waals surface area contributed by atoms with Crippen LogP contribution in [0, 0.1) is 0 Å². The molecule has 1 aliphatic heterocycles. The van der Waals surface area contributed by atoms with Crippen molar-refractivity contribution in [1.29, 1.82) is 0 Å². The maximum absolute atomic E-state index is 12.8. The van der Waals surface area contributed by atoms with Crippen molar-refractivity contribution in [2.24, 2.45) is 5.10 Å². The van der Waals surface area contributed by atoms with Crippen LogP contribution in [-0.2, 0) is 4.79 Å². The highest BCUT2D eigenvalue weighted by atomic mass is 35.5. The number of hydrogen-bond donors (Lipinski definition) is 0. The van der Waals surface area contributed by atoms with Gasteiger partial charge >= 0.3 is 5.97 Å². The van der Waals surface area contributed by atoms with Gasteiger partial charge in [-0.25, -0.2) is 4.79 Å². The molecule has 0 spiro atoms. The molecule has 0 N–H and O–H groups in total. The zero-order chi connectivity index (χ0) is 21.1. The Balaban J connectivity index is 1.57. The molecule has 3 aromatic carbocycles. The van der Waals surface area contributed by atoms with Crippen molar-refractivity contribution in [1.82, 2.24) is 0 Å². The third-order valence-corrected chi connectivity index (χ3v) is 4.87. The van der Waals surface area contributed by atoms with Crippen molar-refractivity contribution in [3.05, 3.63) is 101 Å². The highest BCUT2D eigenvalue weighted by Crippen LogP contribution is 2.26. The largest absolute Gasteiger partial charge is 0.423 e. The summed E-state index contributed by atoms with van der Waals surface area (Å²) in [6.45, 7) is 1.79. The second-order valence-electron chi connectivity index (χ2n) is 6.64. The summed E-state index contributed by atoms with van der Waals surface area (Å²) < 4.78 is 5.45. The Morgan fingerprint density at radius 1 is 1.00 bits per heavy atom. The number of ether oxygens (including phenoxy) is 1. The van der Waals surface area contributed by atoms with Crippen molar-refractivity contribution in [2.75, 3.05) is 5.01 Å². The SMILES string of the molecule is CC1=NN(c2ccccc2)C(=O)/C1=C/c1cccc(OC(=O)c2ccccc2Cl)c1. The first-order chi connectivity index (χ1) is 14.5. The van der Waals surface area contributed by atoms with Gasteiger partial charge in [0.15, 0.2) is 0 Å². The molecule has 1 aliphatic rings. The van der Waals surface area contributed by atoms with Gasteiger partial charge in [-0.1, -0.05) is 54.1 Å². The maximum Gasteiger partial charge on any atom is 0.345 e. The number of anilines is 1. The van der Waals surface area contributed by atoms with Gasteiger partial charge in [0.2, 0.25) is 0 Å². The van der Waals surface area contributed by atoms with Gasteiger partial charge in [0.05, 0.1) is 27.6 Å². The predicted molar refractivity (Wildman–Crippen MR) is 118 cm³/mol. The Labute approximate surface area is 178 Å². The van der Waals surface area contributed by atoms with Gasteiger partial charge in [0.25, 0.3) is 5.91 Å². The van der Waals surface area contributed by atoms with Crippen molar-refractivity contribution in [2.45, 2.75) is 6.92 Å². The van der Waals surface area contributed by atoms with E-state index in [2.05, 4.69) is 5.10 Å². The number of carbonyl (C=O) groups excluding carboxylic acids is 2. The Hall–Kier alpha value is -3.70. The van der Waals surface area contributed by atoms with Crippen molar-refractivity contribution in [3.63, 3.8) is 0 Å². The van der Waals surface area contributed by atoms with Gasteiger partial charge in [-0.15, -0.1) is 0 Å². The lowest BCUT2D eigenvalue weighted by Gasteiger charge is -2.11. The molecular weight excluding hydrogens is 400 g/mol. The summed E-state index contributed by atoms with van der Waals surface area (Å²) in [6.07, 6.45) is 1.73. The van der Waals surface area contributed by atoms with E-state index < -0.39 is 5.97 Å². The number of hydrazone groups is 1. The Bertz CT molecular complexity index is 1190. The molecule has 4 rings (SSSR count). The number of nitrogens with zero attached hydrogens (tertiary/aromatic N) is 2. The summed E-state index contributed by atoms with van der Waals surface area (Å²) in [5, 5.41) is 6.07. The molecule has 148 valence electrons. The molecule has 1 amide bonds. The lowest BCUT2D eigenvalue weighted by Crippen LogP contribution is -2.21. The van der Waals surface area contributed by atoms with Gasteiger partial charge in [-0.2, -0.15) is 10.1 Å². The normalized spacial score (nSPS) is 14.7. The average molecular weight is 417 g/mol. The molecule has 5 nitrogen and oxygen atoms in total. The minimum absolute atomic E-state index is 0.211. The topological polar surface area (TPSA) is 59.0 Å². The summed E-state index contributed by atoms with van der Waals surface area (Å²) in [5.74, 6) is -0.401. The van der Waals surface area contributed by atoms with E-state index in [0.29, 0.717) is 33.3 Å². The van der Waals surface area contributed by atoms with Crippen LogP contribution in [0.1, 0.15) is 22.8 Å². The number of benzene rings is 3. The molecule has 0 saturated carbocycles. The fourth-order valence-corrected chi connectivity index (χ4v) is 3.26. The number of halogens is 1. The van der Waals surface area contributed by atoms with Crippen LogP contribution in [0.4, 0.5) is 5.69 Å². The highest BCUT2D eigenvalue weighted by molar-refractivity contribution is 6.33. The Morgan fingerprint density at radius 2 is 1.73 bits per heavy atom. The van der Waals surface area contributed by atoms with Crippen LogP contribution < -0.4 is 9.75 Å². The molecule has 0 aliphatic carbocycles. The number of carbonyl (C=O) groups is 2. The molecule has 0 aromatic heterocycles. The number of esters is 1. The number of para-hydroxylation sites is 1. The first-order valence-corrected chi connectivity index (χ1v) is 9.64. The van der Waals surface area contributed by atoms with E-state index in [0.717, 1.165) is 0 Å². The minimum atomic E-state index is -0.546. The third-order valence-electron chi connectivity index (χ3n) is 4.54. The molecule has 0 saturated heterocycles. The Morgan fingerprint density at radius 3 is 2.50 bits per heavy atom. The van der Waals surface area contributed by atoms with Crippen LogP contribution in [0.25, 0.3) is 6.08 Å². The summed E-state index contributed by atoms with van der Waals surface area (Å²) >= 11 is 6.06. The number of amides is 1. The minimum Gasteiger partial charge on any atom is -0.423 e. The second-order valence-corrected chi connectivity index (χ2v) is 7.04. The lowest BCUT2D eigenvalue weighted by molar-refractivity contribution is -0.114. The highest BCUT2D eigenvalue weighted by Gasteiger charge is 2.28. The third kappa shape index (κ3) is 4.02. The van der Waals surface area contributed by atoms with Crippen molar-refractivity contribution in [3.8, 4) is 5.75 Å². The van der Waals surface area contributed by atoms with Gasteiger partial charge < -0.3 is 4.74 Å².